The summed E-state index contributed by atoms with van der Waals surface area (Å²) in [4.78, 5) is 17.4. The summed E-state index contributed by atoms with van der Waals surface area (Å²) in [5.41, 5.74) is 4.72. The van der Waals surface area contributed by atoms with Crippen molar-refractivity contribution in [1.29, 1.82) is 0 Å². The molecule has 0 bridgehead atoms. The molecule has 0 spiro atoms. The average molecular weight is 448 g/mol. The van der Waals surface area contributed by atoms with Gasteiger partial charge in [0.1, 0.15) is 18.1 Å². The van der Waals surface area contributed by atoms with Gasteiger partial charge in [-0.1, -0.05) is 72.8 Å². The van der Waals surface area contributed by atoms with Gasteiger partial charge in [0.2, 0.25) is 0 Å². The third kappa shape index (κ3) is 4.84. The van der Waals surface area contributed by atoms with E-state index in [-0.39, 0.29) is 5.91 Å². The fraction of sp³-hybridized carbons (Fsp3) is 0.103. The summed E-state index contributed by atoms with van der Waals surface area (Å²) < 4.78 is 8.23. The molecule has 1 N–H and O–H groups in total. The highest BCUT2D eigenvalue weighted by Gasteiger charge is 2.18. The Kier molecular flexibility index (Phi) is 6.34. The first-order chi connectivity index (χ1) is 16.8. The number of aromatic nitrogens is 2. The van der Waals surface area contributed by atoms with Crippen LogP contribution >= 0.6 is 0 Å². The van der Waals surface area contributed by atoms with Crippen LogP contribution < -0.4 is 10.1 Å². The summed E-state index contributed by atoms with van der Waals surface area (Å²) in [6.07, 6.45) is 3.48. The summed E-state index contributed by atoms with van der Waals surface area (Å²) in [6, 6.07) is 31.9. The zero-order valence-electron chi connectivity index (χ0n) is 18.7. The number of rotatable bonds is 8. The molecule has 0 fully saturated rings. The van der Waals surface area contributed by atoms with E-state index in [1.807, 2.05) is 84.9 Å². The highest BCUT2D eigenvalue weighted by molar-refractivity contribution is 6.00. The molecular formula is C29H25N3O2. The number of ether oxygens (including phenoxy) is 1. The van der Waals surface area contributed by atoms with Gasteiger partial charge in [0.05, 0.1) is 5.52 Å². The van der Waals surface area contributed by atoms with Crippen molar-refractivity contribution in [2.24, 2.45) is 0 Å². The van der Waals surface area contributed by atoms with Crippen molar-refractivity contribution < 1.29 is 9.53 Å². The smallest absolute Gasteiger partial charge is 0.268 e. The van der Waals surface area contributed by atoms with Crippen LogP contribution in [0.2, 0.25) is 0 Å². The van der Waals surface area contributed by atoms with E-state index >= 15 is 0 Å². The molecule has 2 aromatic heterocycles. The van der Waals surface area contributed by atoms with E-state index in [0.29, 0.717) is 25.4 Å². The molecule has 34 heavy (non-hydrogen) atoms. The Morgan fingerprint density at radius 3 is 2.29 bits per heavy atom. The predicted molar refractivity (Wildman–Crippen MR) is 134 cm³/mol. The molecule has 5 aromatic rings. The lowest BCUT2D eigenvalue weighted by molar-refractivity contribution is 0.0942. The minimum atomic E-state index is -0.134. The SMILES string of the molecule is O=C(NCc1cccnc1)c1cc2c(OCc3ccccc3)cccc2n1Cc1ccccc1. The fourth-order valence-corrected chi connectivity index (χ4v) is 4.02. The Bertz CT molecular complexity index is 1380. The number of nitrogens with one attached hydrogen (secondary N) is 1. The second kappa shape index (κ2) is 10.0. The van der Waals surface area contributed by atoms with Crippen molar-refractivity contribution in [3.05, 3.63) is 132 Å². The number of hydrogen-bond acceptors (Lipinski definition) is 3. The Hall–Kier alpha value is -4.38. The number of hydrogen-bond donors (Lipinski definition) is 1. The van der Waals surface area contributed by atoms with Gasteiger partial charge in [-0.3, -0.25) is 9.78 Å². The molecule has 0 atom stereocenters. The second-order valence-corrected chi connectivity index (χ2v) is 8.11. The lowest BCUT2D eigenvalue weighted by Crippen LogP contribution is -2.25. The van der Waals surface area contributed by atoms with Gasteiger partial charge >= 0.3 is 0 Å². The van der Waals surface area contributed by atoms with Gasteiger partial charge in [0.25, 0.3) is 5.91 Å². The standard InChI is InChI=1S/C29H25N3O2/c33-29(31-19-24-13-8-16-30-18-24)27-17-25-26(32(27)20-22-9-3-1-4-10-22)14-7-15-28(25)34-21-23-11-5-2-6-12-23/h1-18H,19-21H2,(H,31,33). The molecule has 3 aromatic carbocycles. The Labute approximate surface area is 198 Å². The molecule has 5 heteroatoms. The Balaban J connectivity index is 1.48. The number of carbonyl (C=O) groups is 1. The average Bonchev–Trinajstić information content (AvgIpc) is 3.27. The third-order valence-electron chi connectivity index (χ3n) is 5.73. The number of carbonyl (C=O) groups excluding carboxylic acids is 1. The summed E-state index contributed by atoms with van der Waals surface area (Å²) in [6.45, 7) is 1.46. The highest BCUT2D eigenvalue weighted by Crippen LogP contribution is 2.30. The lowest BCUT2D eigenvalue weighted by atomic mass is 10.2. The van der Waals surface area contributed by atoms with Crippen LogP contribution in [0.25, 0.3) is 10.9 Å². The molecule has 0 saturated heterocycles. The van der Waals surface area contributed by atoms with Crippen LogP contribution in [0.4, 0.5) is 0 Å². The van der Waals surface area contributed by atoms with Crippen LogP contribution in [0.3, 0.4) is 0 Å². The van der Waals surface area contributed by atoms with Crippen LogP contribution in [-0.2, 0) is 19.7 Å². The number of benzene rings is 3. The van der Waals surface area contributed by atoms with Crippen molar-refractivity contribution in [2.75, 3.05) is 0 Å². The van der Waals surface area contributed by atoms with E-state index in [0.717, 1.165) is 33.3 Å². The van der Waals surface area contributed by atoms with E-state index in [1.165, 1.54) is 0 Å². The first kappa shape index (κ1) is 21.5. The van der Waals surface area contributed by atoms with E-state index in [4.69, 9.17) is 4.74 Å². The normalized spacial score (nSPS) is 10.8. The van der Waals surface area contributed by atoms with Crippen LogP contribution in [0.15, 0.2) is 109 Å². The first-order valence-electron chi connectivity index (χ1n) is 11.3. The molecule has 0 aliphatic rings. The molecule has 1 amide bonds. The predicted octanol–water partition coefficient (Wildman–Crippen LogP) is 5.59. The maximum absolute atomic E-state index is 13.3. The topological polar surface area (TPSA) is 56.1 Å². The monoisotopic (exact) mass is 447 g/mol. The Morgan fingerprint density at radius 2 is 1.56 bits per heavy atom. The molecule has 0 radical (unpaired) electrons. The van der Waals surface area contributed by atoms with Gasteiger partial charge in [0.15, 0.2) is 0 Å². The summed E-state index contributed by atoms with van der Waals surface area (Å²) in [7, 11) is 0. The van der Waals surface area contributed by atoms with Crippen molar-refractivity contribution in [2.45, 2.75) is 19.7 Å². The summed E-state index contributed by atoms with van der Waals surface area (Å²) >= 11 is 0. The van der Waals surface area contributed by atoms with Crippen molar-refractivity contribution in [3.63, 3.8) is 0 Å². The van der Waals surface area contributed by atoms with Crippen molar-refractivity contribution in [3.8, 4) is 5.75 Å². The van der Waals surface area contributed by atoms with E-state index in [9.17, 15) is 4.79 Å². The second-order valence-electron chi connectivity index (χ2n) is 8.11. The third-order valence-corrected chi connectivity index (χ3v) is 5.73. The molecule has 0 aliphatic carbocycles. The summed E-state index contributed by atoms with van der Waals surface area (Å²) in [5.74, 6) is 0.625. The zero-order valence-corrected chi connectivity index (χ0v) is 18.7. The molecule has 5 nitrogen and oxygen atoms in total. The molecule has 0 unspecified atom stereocenters. The molecule has 0 aliphatic heterocycles. The van der Waals surface area contributed by atoms with Gasteiger partial charge < -0.3 is 14.6 Å². The molecule has 168 valence electrons. The van der Waals surface area contributed by atoms with Crippen LogP contribution in [0, 0.1) is 0 Å². The van der Waals surface area contributed by atoms with Crippen molar-refractivity contribution >= 4 is 16.8 Å². The fourth-order valence-electron chi connectivity index (χ4n) is 4.02. The Morgan fingerprint density at radius 1 is 0.824 bits per heavy atom. The van der Waals surface area contributed by atoms with Gasteiger partial charge in [-0.05, 0) is 41.0 Å². The van der Waals surface area contributed by atoms with Crippen LogP contribution in [0.5, 0.6) is 5.75 Å². The largest absolute Gasteiger partial charge is 0.488 e. The minimum absolute atomic E-state index is 0.134. The molecule has 5 rings (SSSR count). The number of amides is 1. The van der Waals surface area contributed by atoms with Gasteiger partial charge in [-0.15, -0.1) is 0 Å². The zero-order chi connectivity index (χ0) is 23.2. The molecule has 0 saturated carbocycles. The quantitative estimate of drug-likeness (QED) is 0.337. The van der Waals surface area contributed by atoms with E-state index < -0.39 is 0 Å². The lowest BCUT2D eigenvalue weighted by Gasteiger charge is -2.12. The van der Waals surface area contributed by atoms with E-state index in [1.54, 1.807) is 12.4 Å². The highest BCUT2D eigenvalue weighted by atomic mass is 16.5. The van der Waals surface area contributed by atoms with Crippen LogP contribution in [-0.4, -0.2) is 15.5 Å². The van der Waals surface area contributed by atoms with E-state index in [2.05, 4.69) is 27.0 Å². The maximum Gasteiger partial charge on any atom is 0.268 e. The number of fused-ring (bicyclic) bond motifs is 1. The van der Waals surface area contributed by atoms with Crippen molar-refractivity contribution in [1.82, 2.24) is 14.9 Å². The van der Waals surface area contributed by atoms with Gasteiger partial charge in [-0.25, -0.2) is 0 Å². The summed E-state index contributed by atoms with van der Waals surface area (Å²) in [5, 5.41) is 3.96. The molecule has 2 heterocycles. The maximum atomic E-state index is 13.3. The van der Waals surface area contributed by atoms with Gasteiger partial charge in [-0.2, -0.15) is 0 Å². The number of pyridine rings is 1. The number of nitrogens with zero attached hydrogens (tertiary/aromatic N) is 2. The van der Waals surface area contributed by atoms with Gasteiger partial charge in [0, 0.05) is 30.9 Å². The first-order valence-corrected chi connectivity index (χ1v) is 11.3. The minimum Gasteiger partial charge on any atom is -0.488 e. The molecular weight excluding hydrogens is 422 g/mol. The van der Waals surface area contributed by atoms with Crippen LogP contribution in [0.1, 0.15) is 27.2 Å².